The molecule has 0 aromatic heterocycles. The van der Waals surface area contributed by atoms with Crippen LogP contribution in [0.3, 0.4) is 0 Å². The maximum Gasteiger partial charge on any atom is 0.319 e. The quantitative estimate of drug-likeness (QED) is 0.187. The molecule has 2 amide bonds. The lowest BCUT2D eigenvalue weighted by Crippen LogP contribution is -2.32. The number of nitrogens with zero attached hydrogens (tertiary/aromatic N) is 1. The second-order valence-electron chi connectivity index (χ2n) is 8.92. The van der Waals surface area contributed by atoms with Gasteiger partial charge in [0.1, 0.15) is 18.9 Å². The fraction of sp³-hybridized carbons (Fsp3) is 0.429. The van der Waals surface area contributed by atoms with E-state index >= 15 is 0 Å². The first-order chi connectivity index (χ1) is 18.2. The average Bonchev–Trinajstić information content (AvgIpc) is 2.86. The van der Waals surface area contributed by atoms with Crippen molar-refractivity contribution in [1.82, 2.24) is 5.32 Å². The van der Waals surface area contributed by atoms with Crippen LogP contribution >= 0.6 is 0 Å². The van der Waals surface area contributed by atoms with Gasteiger partial charge in [0.2, 0.25) is 0 Å². The van der Waals surface area contributed by atoms with Crippen LogP contribution in [-0.4, -0.2) is 65.1 Å². The highest BCUT2D eigenvalue weighted by atomic mass is 19.1. The maximum absolute atomic E-state index is 13.6. The number of hydrogen-bond acceptors (Lipinski definition) is 7. The molecule has 0 unspecified atom stereocenters. The lowest BCUT2D eigenvalue weighted by Gasteiger charge is -2.18. The van der Waals surface area contributed by atoms with Crippen LogP contribution in [0.2, 0.25) is 0 Å². The number of carbonyl (C=O) groups excluding carboxylic acids is 1. The molecule has 0 aliphatic heterocycles. The minimum atomic E-state index is -1.33. The number of amides is 2. The van der Waals surface area contributed by atoms with E-state index in [4.69, 9.17) is 18.9 Å². The lowest BCUT2D eigenvalue weighted by atomic mass is 10.1. The Kier molecular flexibility index (Phi) is 12.5. The van der Waals surface area contributed by atoms with Crippen molar-refractivity contribution in [3.8, 4) is 11.5 Å². The Morgan fingerprint density at radius 1 is 0.974 bits per heavy atom. The van der Waals surface area contributed by atoms with Crippen molar-refractivity contribution >= 4 is 35.0 Å². The molecule has 0 radical (unpaired) electrons. The zero-order valence-electron chi connectivity index (χ0n) is 22.9. The summed E-state index contributed by atoms with van der Waals surface area (Å²) in [5.74, 6) is 1.08. The van der Waals surface area contributed by atoms with Crippen LogP contribution in [0.4, 0.5) is 26.2 Å². The Hall–Kier alpha value is -3.63. The van der Waals surface area contributed by atoms with Crippen molar-refractivity contribution in [3.05, 3.63) is 48.5 Å². The highest BCUT2D eigenvalue weighted by Crippen LogP contribution is 2.38. The number of aliphatic imine (C=N–C) groups is 1. The summed E-state index contributed by atoms with van der Waals surface area (Å²) in [6.07, 6.45) is 1.92. The standard InChI is InChI=1S/C28H39FN4O5/c1-7-30-24-19-26(38-17-15-36-6)25(37-16-14-35-5)18-23(24)20(2)32-21-8-10-22(11-9-21)33-27(34)31-13-12-28(3,4)29/h7-11,18-19,32H,2,12-17H2,1,3-6H3,(H2,31,33,34). The molecule has 38 heavy (non-hydrogen) atoms. The van der Waals surface area contributed by atoms with Gasteiger partial charge in [-0.15, -0.1) is 0 Å². The zero-order valence-corrected chi connectivity index (χ0v) is 22.9. The van der Waals surface area contributed by atoms with Gasteiger partial charge in [-0.05, 0) is 57.5 Å². The third kappa shape index (κ3) is 10.8. The number of urea groups is 1. The van der Waals surface area contributed by atoms with Gasteiger partial charge in [-0.1, -0.05) is 6.58 Å². The second kappa shape index (κ2) is 15.6. The molecule has 0 saturated carbocycles. The smallest absolute Gasteiger partial charge is 0.319 e. The van der Waals surface area contributed by atoms with Crippen molar-refractivity contribution in [2.75, 3.05) is 57.8 Å². The van der Waals surface area contributed by atoms with Crippen molar-refractivity contribution in [2.24, 2.45) is 4.99 Å². The largest absolute Gasteiger partial charge is 0.487 e. The molecule has 0 saturated heterocycles. The first-order valence-corrected chi connectivity index (χ1v) is 12.4. The van der Waals surface area contributed by atoms with Crippen LogP contribution in [0, 0.1) is 0 Å². The van der Waals surface area contributed by atoms with Gasteiger partial charge < -0.3 is 34.9 Å². The molecule has 0 fully saturated rings. The summed E-state index contributed by atoms with van der Waals surface area (Å²) in [5.41, 5.74) is 2.00. The lowest BCUT2D eigenvalue weighted by molar-refractivity contribution is 0.132. The Balaban J connectivity index is 2.14. The fourth-order valence-corrected chi connectivity index (χ4v) is 3.26. The summed E-state index contributed by atoms with van der Waals surface area (Å²) in [6, 6.07) is 10.4. The Bertz CT molecular complexity index is 1070. The molecular formula is C28H39FN4O5. The van der Waals surface area contributed by atoms with Crippen molar-refractivity contribution in [2.45, 2.75) is 32.9 Å². The first-order valence-electron chi connectivity index (χ1n) is 12.4. The van der Waals surface area contributed by atoms with E-state index in [2.05, 4.69) is 27.5 Å². The molecule has 0 spiro atoms. The minimum absolute atomic E-state index is 0.231. The van der Waals surface area contributed by atoms with Crippen LogP contribution in [0.25, 0.3) is 5.70 Å². The molecule has 10 heteroatoms. The molecule has 0 atom stereocenters. The number of anilines is 2. The molecule has 208 valence electrons. The molecule has 0 bridgehead atoms. The molecular weight excluding hydrogens is 491 g/mol. The monoisotopic (exact) mass is 530 g/mol. The first kappa shape index (κ1) is 30.6. The number of rotatable bonds is 16. The van der Waals surface area contributed by atoms with Gasteiger partial charge in [-0.3, -0.25) is 4.99 Å². The highest BCUT2D eigenvalue weighted by molar-refractivity contribution is 5.90. The highest BCUT2D eigenvalue weighted by Gasteiger charge is 2.16. The summed E-state index contributed by atoms with van der Waals surface area (Å²) in [4.78, 5) is 16.5. The van der Waals surface area contributed by atoms with Gasteiger partial charge in [-0.25, -0.2) is 9.18 Å². The number of halogens is 1. The zero-order chi connectivity index (χ0) is 28.0. The molecule has 2 aromatic carbocycles. The van der Waals surface area contributed by atoms with E-state index in [1.54, 1.807) is 38.6 Å². The van der Waals surface area contributed by atoms with Crippen LogP contribution < -0.4 is 25.4 Å². The normalized spacial score (nSPS) is 11.3. The van der Waals surface area contributed by atoms with E-state index < -0.39 is 11.7 Å². The van der Waals surface area contributed by atoms with Crippen LogP contribution in [0.1, 0.15) is 32.8 Å². The minimum Gasteiger partial charge on any atom is -0.487 e. The van der Waals surface area contributed by atoms with Gasteiger partial charge in [0, 0.05) is 55.7 Å². The Morgan fingerprint density at radius 3 is 2.05 bits per heavy atom. The van der Waals surface area contributed by atoms with Gasteiger partial charge >= 0.3 is 6.03 Å². The van der Waals surface area contributed by atoms with Gasteiger partial charge in [0.25, 0.3) is 0 Å². The number of alkyl halides is 1. The van der Waals surface area contributed by atoms with Crippen molar-refractivity contribution in [3.63, 3.8) is 0 Å². The molecule has 0 aliphatic rings. The van der Waals surface area contributed by atoms with Crippen LogP contribution in [0.15, 0.2) is 48.0 Å². The average molecular weight is 531 g/mol. The van der Waals surface area contributed by atoms with Gasteiger partial charge in [0.15, 0.2) is 11.5 Å². The maximum atomic E-state index is 13.6. The third-order valence-corrected chi connectivity index (χ3v) is 5.19. The molecule has 2 rings (SSSR count). The van der Waals surface area contributed by atoms with E-state index in [-0.39, 0.29) is 13.0 Å². The second-order valence-corrected chi connectivity index (χ2v) is 8.92. The molecule has 0 heterocycles. The van der Waals surface area contributed by atoms with E-state index in [0.717, 1.165) is 11.3 Å². The SMILES string of the molecule is C=C(Nc1ccc(NC(=O)NCCC(C)(C)F)cc1)c1cc(OCCOC)c(OCCOC)cc1N=CC. The van der Waals surface area contributed by atoms with Crippen molar-refractivity contribution < 1.29 is 28.1 Å². The predicted octanol–water partition coefficient (Wildman–Crippen LogP) is 5.80. The van der Waals surface area contributed by atoms with Gasteiger partial charge in [-0.2, -0.15) is 0 Å². The van der Waals surface area contributed by atoms with E-state index in [0.29, 0.717) is 55.0 Å². The van der Waals surface area contributed by atoms with E-state index in [9.17, 15) is 9.18 Å². The molecule has 9 nitrogen and oxygen atoms in total. The summed E-state index contributed by atoms with van der Waals surface area (Å²) >= 11 is 0. The number of nitrogens with one attached hydrogen (secondary N) is 3. The fourth-order valence-electron chi connectivity index (χ4n) is 3.26. The number of carbonyl (C=O) groups is 1. The number of benzene rings is 2. The van der Waals surface area contributed by atoms with Gasteiger partial charge in [0.05, 0.1) is 18.9 Å². The van der Waals surface area contributed by atoms with Crippen molar-refractivity contribution in [1.29, 1.82) is 0 Å². The predicted molar refractivity (Wildman–Crippen MR) is 151 cm³/mol. The number of methoxy groups -OCH3 is 2. The van der Waals surface area contributed by atoms with Crippen LogP contribution in [0.5, 0.6) is 11.5 Å². The Morgan fingerprint density at radius 2 is 1.53 bits per heavy atom. The summed E-state index contributed by atoms with van der Waals surface area (Å²) in [5, 5.41) is 8.66. The Labute approximate surface area is 224 Å². The molecule has 0 aliphatic carbocycles. The molecule has 2 aromatic rings. The number of ether oxygens (including phenoxy) is 4. The summed E-state index contributed by atoms with van der Waals surface area (Å²) in [7, 11) is 3.22. The number of hydrogen-bond donors (Lipinski definition) is 3. The summed E-state index contributed by atoms with van der Waals surface area (Å²) in [6.45, 7) is 10.8. The topological polar surface area (TPSA) is 102 Å². The molecule has 3 N–H and O–H groups in total. The third-order valence-electron chi connectivity index (χ3n) is 5.19. The van der Waals surface area contributed by atoms with E-state index in [1.165, 1.54) is 13.8 Å². The van der Waals surface area contributed by atoms with Crippen LogP contribution in [-0.2, 0) is 9.47 Å². The van der Waals surface area contributed by atoms with E-state index in [1.807, 2.05) is 25.1 Å². The summed E-state index contributed by atoms with van der Waals surface area (Å²) < 4.78 is 35.5.